The Kier molecular flexibility index (Phi) is 6.06. The summed E-state index contributed by atoms with van der Waals surface area (Å²) in [5.41, 5.74) is 2.05. The number of ketones is 1. The third-order valence-corrected chi connectivity index (χ3v) is 6.28. The zero-order valence-corrected chi connectivity index (χ0v) is 17.3. The number of hydrogen-bond donors (Lipinski definition) is 2. The van der Waals surface area contributed by atoms with Gasteiger partial charge in [-0.15, -0.1) is 0 Å². The summed E-state index contributed by atoms with van der Waals surface area (Å²) in [5.74, 6) is -1.25. The lowest BCUT2D eigenvalue weighted by Crippen LogP contribution is -2.42. The molecule has 0 amide bonds. The van der Waals surface area contributed by atoms with Crippen molar-refractivity contribution in [2.45, 2.75) is 37.1 Å². The van der Waals surface area contributed by atoms with Gasteiger partial charge in [-0.25, -0.2) is 4.39 Å². The fraction of sp³-hybridized carbons (Fsp3) is 0.409. The van der Waals surface area contributed by atoms with E-state index >= 15 is 0 Å². The standard InChI is InChI=1S/C22H24FN3O3S/c23-18-4-2-1-3-17(18)21(22(29)14-5-6-14)25-10-8-19(30)15(12-25)11-16-7-9-24-26(16)13-20(27)28/h1-4,7,9,11,14,19,21,30H,5-6,8,10,12-13H2,(H,27,28)/b15-11-. The second-order valence-electron chi connectivity index (χ2n) is 7.90. The molecule has 6 nitrogen and oxygen atoms in total. The Bertz CT molecular complexity index is 986. The molecule has 8 heteroatoms. The average Bonchev–Trinajstić information content (AvgIpc) is 3.48. The highest BCUT2D eigenvalue weighted by Gasteiger charge is 2.40. The van der Waals surface area contributed by atoms with Gasteiger partial charge in [0.25, 0.3) is 0 Å². The van der Waals surface area contributed by atoms with Crippen LogP contribution in [0.4, 0.5) is 4.39 Å². The lowest BCUT2D eigenvalue weighted by Gasteiger charge is -2.37. The van der Waals surface area contributed by atoms with Crippen LogP contribution in [0.15, 0.2) is 42.1 Å². The predicted octanol–water partition coefficient (Wildman–Crippen LogP) is 3.21. The van der Waals surface area contributed by atoms with Crippen LogP contribution in [0.25, 0.3) is 6.08 Å². The summed E-state index contributed by atoms with van der Waals surface area (Å²) in [4.78, 5) is 26.2. The molecule has 30 heavy (non-hydrogen) atoms. The van der Waals surface area contributed by atoms with Gasteiger partial charge in [-0.1, -0.05) is 18.2 Å². The molecule has 2 atom stereocenters. The van der Waals surface area contributed by atoms with Crippen molar-refractivity contribution in [2.75, 3.05) is 13.1 Å². The van der Waals surface area contributed by atoms with Gasteiger partial charge < -0.3 is 5.11 Å². The fourth-order valence-electron chi connectivity index (χ4n) is 3.99. The lowest BCUT2D eigenvalue weighted by atomic mass is 9.93. The number of nitrogens with zero attached hydrogens (tertiary/aromatic N) is 3. The monoisotopic (exact) mass is 429 g/mol. The number of carbonyl (C=O) groups is 2. The van der Waals surface area contributed by atoms with Crippen molar-refractivity contribution in [1.82, 2.24) is 14.7 Å². The first kappa shape index (κ1) is 20.8. The second-order valence-corrected chi connectivity index (χ2v) is 8.53. The Hall–Kier alpha value is -2.45. The molecule has 1 aromatic heterocycles. The molecule has 2 unspecified atom stereocenters. The highest BCUT2D eigenvalue weighted by atomic mass is 32.1. The molecule has 0 bridgehead atoms. The number of Topliss-reactive ketones (excluding diaryl/α,β-unsaturated/α-hetero) is 1. The van der Waals surface area contributed by atoms with Gasteiger partial charge in [0.05, 0.1) is 11.7 Å². The van der Waals surface area contributed by atoms with E-state index < -0.39 is 12.0 Å². The fourth-order valence-corrected chi connectivity index (χ4v) is 4.26. The van der Waals surface area contributed by atoms with Crippen molar-refractivity contribution >= 4 is 30.5 Å². The smallest absolute Gasteiger partial charge is 0.325 e. The minimum Gasteiger partial charge on any atom is -0.480 e. The molecule has 158 valence electrons. The molecule has 1 saturated carbocycles. The highest BCUT2D eigenvalue weighted by molar-refractivity contribution is 7.81. The van der Waals surface area contributed by atoms with Crippen molar-refractivity contribution in [2.24, 2.45) is 5.92 Å². The van der Waals surface area contributed by atoms with Gasteiger partial charge in [-0.3, -0.25) is 19.2 Å². The maximum atomic E-state index is 14.6. The largest absolute Gasteiger partial charge is 0.480 e. The zero-order valence-electron chi connectivity index (χ0n) is 16.4. The van der Waals surface area contributed by atoms with E-state index in [0.29, 0.717) is 30.8 Å². The maximum absolute atomic E-state index is 14.6. The topological polar surface area (TPSA) is 75.4 Å². The first-order valence-electron chi connectivity index (χ1n) is 10.1. The SMILES string of the molecule is O=C(O)Cn1nccc1/C=C1/CN(C(C(=O)C2CC2)c2ccccc2F)CCC1S. The summed E-state index contributed by atoms with van der Waals surface area (Å²) in [6, 6.07) is 7.61. The van der Waals surface area contributed by atoms with Gasteiger partial charge in [0.1, 0.15) is 12.4 Å². The Morgan fingerprint density at radius 2 is 2.03 bits per heavy atom. The van der Waals surface area contributed by atoms with E-state index in [2.05, 4.69) is 5.10 Å². The summed E-state index contributed by atoms with van der Waals surface area (Å²) < 4.78 is 16.0. The van der Waals surface area contributed by atoms with Crippen molar-refractivity contribution in [1.29, 1.82) is 0 Å². The van der Waals surface area contributed by atoms with Crippen LogP contribution < -0.4 is 0 Å². The number of piperidine rings is 1. The van der Waals surface area contributed by atoms with E-state index in [1.54, 1.807) is 30.5 Å². The molecule has 1 aromatic carbocycles. The van der Waals surface area contributed by atoms with E-state index in [1.807, 2.05) is 11.0 Å². The number of hydrogen-bond acceptors (Lipinski definition) is 5. The number of aromatic nitrogens is 2. The van der Waals surface area contributed by atoms with E-state index in [-0.39, 0.29) is 29.3 Å². The van der Waals surface area contributed by atoms with Crippen molar-refractivity contribution in [3.63, 3.8) is 0 Å². The first-order valence-corrected chi connectivity index (χ1v) is 10.6. The third-order valence-electron chi connectivity index (χ3n) is 5.69. The van der Waals surface area contributed by atoms with Gasteiger partial charge in [-0.2, -0.15) is 17.7 Å². The molecule has 1 saturated heterocycles. The van der Waals surface area contributed by atoms with Crippen LogP contribution in [0.1, 0.15) is 36.6 Å². The molecule has 0 radical (unpaired) electrons. The summed E-state index contributed by atoms with van der Waals surface area (Å²) in [6.07, 6.45) is 5.89. The number of thiol groups is 1. The van der Waals surface area contributed by atoms with Gasteiger partial charge in [0, 0.05) is 36.0 Å². The third kappa shape index (κ3) is 4.49. The van der Waals surface area contributed by atoms with Crippen LogP contribution in [0.2, 0.25) is 0 Å². The molecule has 2 aromatic rings. The molecule has 2 fully saturated rings. The van der Waals surface area contributed by atoms with Gasteiger partial charge >= 0.3 is 5.97 Å². The van der Waals surface area contributed by atoms with E-state index in [9.17, 15) is 14.0 Å². The molecule has 2 aliphatic rings. The summed E-state index contributed by atoms with van der Waals surface area (Å²) in [6.45, 7) is 0.867. The maximum Gasteiger partial charge on any atom is 0.325 e. The Balaban J connectivity index is 1.64. The average molecular weight is 430 g/mol. The Morgan fingerprint density at radius 1 is 1.27 bits per heavy atom. The Morgan fingerprint density at radius 3 is 2.73 bits per heavy atom. The van der Waals surface area contributed by atoms with Crippen LogP contribution in [-0.4, -0.2) is 49.9 Å². The quantitative estimate of drug-likeness (QED) is 0.661. The molecular formula is C22H24FN3O3S. The Labute approximate surface area is 179 Å². The number of carbonyl (C=O) groups excluding carboxylic acids is 1. The molecule has 1 aliphatic carbocycles. The van der Waals surface area contributed by atoms with Crippen molar-refractivity contribution < 1.29 is 19.1 Å². The van der Waals surface area contributed by atoms with E-state index in [0.717, 1.165) is 18.4 Å². The number of benzene rings is 1. The van der Waals surface area contributed by atoms with Crippen LogP contribution in [0, 0.1) is 11.7 Å². The minimum absolute atomic E-state index is 0.00718. The normalized spacial score (nSPS) is 22.2. The minimum atomic E-state index is -0.972. The summed E-state index contributed by atoms with van der Waals surface area (Å²) >= 11 is 4.69. The summed E-state index contributed by atoms with van der Waals surface area (Å²) in [7, 11) is 0. The van der Waals surface area contributed by atoms with Crippen molar-refractivity contribution in [3.05, 3.63) is 59.2 Å². The van der Waals surface area contributed by atoms with E-state index in [1.165, 1.54) is 10.7 Å². The van der Waals surface area contributed by atoms with Crippen LogP contribution >= 0.6 is 12.6 Å². The van der Waals surface area contributed by atoms with E-state index in [4.69, 9.17) is 17.7 Å². The zero-order chi connectivity index (χ0) is 21.3. The predicted molar refractivity (Wildman–Crippen MR) is 114 cm³/mol. The highest BCUT2D eigenvalue weighted by Crippen LogP contribution is 2.39. The molecule has 1 aliphatic heterocycles. The molecule has 1 N–H and O–H groups in total. The van der Waals surface area contributed by atoms with Crippen LogP contribution in [-0.2, 0) is 16.1 Å². The number of carboxylic acid groups (broad SMARTS) is 1. The number of carboxylic acids is 1. The number of aliphatic carboxylic acids is 1. The van der Waals surface area contributed by atoms with Crippen molar-refractivity contribution in [3.8, 4) is 0 Å². The van der Waals surface area contributed by atoms with Gasteiger partial charge in [0.15, 0.2) is 5.78 Å². The summed E-state index contributed by atoms with van der Waals surface area (Å²) in [5, 5.41) is 13.1. The molecular weight excluding hydrogens is 405 g/mol. The lowest BCUT2D eigenvalue weighted by molar-refractivity contribution is -0.138. The first-order chi connectivity index (χ1) is 14.4. The second kappa shape index (κ2) is 8.73. The molecule has 2 heterocycles. The van der Waals surface area contributed by atoms with Gasteiger partial charge in [-0.05, 0) is 43.0 Å². The number of rotatable bonds is 7. The molecule has 4 rings (SSSR count). The van der Waals surface area contributed by atoms with Gasteiger partial charge in [0.2, 0.25) is 0 Å². The number of likely N-dealkylation sites (tertiary alicyclic amines) is 1. The number of halogens is 1. The van der Waals surface area contributed by atoms with Crippen LogP contribution in [0.3, 0.4) is 0 Å². The van der Waals surface area contributed by atoms with Crippen LogP contribution in [0.5, 0.6) is 0 Å². The molecule has 0 spiro atoms.